The third kappa shape index (κ3) is 5.11. The second-order valence-electron chi connectivity index (χ2n) is 6.63. The van der Waals surface area contributed by atoms with Crippen molar-refractivity contribution in [3.05, 3.63) is 35.4 Å². The molecule has 0 spiro atoms. The van der Waals surface area contributed by atoms with E-state index in [4.69, 9.17) is 10.5 Å². The van der Waals surface area contributed by atoms with Crippen LogP contribution in [0.5, 0.6) is 5.75 Å². The number of nitrogens with two attached hydrogens (primary N) is 1. The van der Waals surface area contributed by atoms with Gasteiger partial charge in [-0.3, -0.25) is 9.59 Å². The molecule has 24 heavy (non-hydrogen) atoms. The van der Waals surface area contributed by atoms with Crippen molar-refractivity contribution in [2.75, 3.05) is 13.1 Å². The summed E-state index contributed by atoms with van der Waals surface area (Å²) in [5.74, 6) is 0.725. The lowest BCUT2D eigenvalue weighted by Crippen LogP contribution is -2.27. The lowest BCUT2D eigenvalue weighted by Gasteiger charge is -2.14. The predicted molar refractivity (Wildman–Crippen MR) is 94.5 cm³/mol. The summed E-state index contributed by atoms with van der Waals surface area (Å²) in [6.07, 6.45) is 4.72. The SMILES string of the molecule is Cc1cc(/C=C/C(=O)N2CCC(CC(N)=O)C2)ccc1OC(C)C. The topological polar surface area (TPSA) is 72.6 Å². The van der Waals surface area contributed by atoms with Gasteiger partial charge in [0, 0.05) is 25.6 Å². The Morgan fingerprint density at radius 1 is 1.42 bits per heavy atom. The number of rotatable bonds is 6. The summed E-state index contributed by atoms with van der Waals surface area (Å²) in [4.78, 5) is 25.0. The zero-order valence-corrected chi connectivity index (χ0v) is 14.6. The number of hydrogen-bond acceptors (Lipinski definition) is 3. The lowest BCUT2D eigenvalue weighted by atomic mass is 10.1. The molecule has 1 unspecified atom stereocenters. The molecule has 2 rings (SSSR count). The van der Waals surface area contributed by atoms with Gasteiger partial charge >= 0.3 is 0 Å². The van der Waals surface area contributed by atoms with E-state index in [1.165, 1.54) is 0 Å². The van der Waals surface area contributed by atoms with Crippen LogP contribution in [0.2, 0.25) is 0 Å². The van der Waals surface area contributed by atoms with Gasteiger partial charge in [-0.05, 0) is 62.4 Å². The molecule has 0 bridgehead atoms. The van der Waals surface area contributed by atoms with Crippen LogP contribution in [0.1, 0.15) is 37.8 Å². The Morgan fingerprint density at radius 2 is 2.17 bits per heavy atom. The molecule has 1 fully saturated rings. The molecule has 5 heteroatoms. The first kappa shape index (κ1) is 18.0. The van der Waals surface area contributed by atoms with Gasteiger partial charge in [-0.15, -0.1) is 0 Å². The highest BCUT2D eigenvalue weighted by atomic mass is 16.5. The van der Waals surface area contributed by atoms with Crippen LogP contribution < -0.4 is 10.5 Å². The van der Waals surface area contributed by atoms with Crippen molar-refractivity contribution in [2.45, 2.75) is 39.7 Å². The van der Waals surface area contributed by atoms with E-state index in [0.29, 0.717) is 19.5 Å². The van der Waals surface area contributed by atoms with Crippen molar-refractivity contribution in [3.8, 4) is 5.75 Å². The van der Waals surface area contributed by atoms with Crippen molar-refractivity contribution >= 4 is 17.9 Å². The highest BCUT2D eigenvalue weighted by Crippen LogP contribution is 2.22. The first-order valence-electron chi connectivity index (χ1n) is 8.37. The standard InChI is InChI=1S/C19H26N2O3/c1-13(2)24-17-6-4-15(10-14(17)3)5-7-19(23)21-9-8-16(12-21)11-18(20)22/h4-7,10,13,16H,8-9,11-12H2,1-3H3,(H2,20,22)/b7-5+. The van der Waals surface area contributed by atoms with E-state index in [2.05, 4.69) is 0 Å². The molecule has 2 N–H and O–H groups in total. The third-order valence-corrected chi connectivity index (χ3v) is 4.07. The Labute approximate surface area is 143 Å². The van der Waals surface area contributed by atoms with Gasteiger partial charge < -0.3 is 15.4 Å². The third-order valence-electron chi connectivity index (χ3n) is 4.07. The summed E-state index contributed by atoms with van der Waals surface area (Å²) < 4.78 is 5.71. The Bertz CT molecular complexity index is 637. The molecule has 0 saturated carbocycles. The van der Waals surface area contributed by atoms with Crippen LogP contribution in [-0.2, 0) is 9.59 Å². The van der Waals surface area contributed by atoms with Crippen LogP contribution in [0.3, 0.4) is 0 Å². The molecule has 0 aromatic heterocycles. The van der Waals surface area contributed by atoms with Crippen molar-refractivity contribution in [1.29, 1.82) is 0 Å². The van der Waals surface area contributed by atoms with Crippen LogP contribution in [-0.4, -0.2) is 35.9 Å². The molecule has 1 heterocycles. The van der Waals surface area contributed by atoms with Gasteiger partial charge in [-0.25, -0.2) is 0 Å². The molecule has 1 saturated heterocycles. The number of benzene rings is 1. The van der Waals surface area contributed by atoms with Gasteiger partial charge in [0.2, 0.25) is 11.8 Å². The largest absolute Gasteiger partial charge is 0.491 e. The zero-order valence-electron chi connectivity index (χ0n) is 14.6. The summed E-state index contributed by atoms with van der Waals surface area (Å²) in [5.41, 5.74) is 7.22. The predicted octanol–water partition coefficient (Wildman–Crippen LogP) is 2.52. The van der Waals surface area contributed by atoms with Gasteiger partial charge in [0.05, 0.1) is 6.10 Å². The summed E-state index contributed by atoms with van der Waals surface area (Å²) in [7, 11) is 0. The first-order valence-corrected chi connectivity index (χ1v) is 8.37. The van der Waals surface area contributed by atoms with Crippen molar-refractivity contribution < 1.29 is 14.3 Å². The van der Waals surface area contributed by atoms with Gasteiger partial charge in [-0.1, -0.05) is 6.07 Å². The number of ether oxygens (including phenoxy) is 1. The first-order chi connectivity index (χ1) is 11.3. The Morgan fingerprint density at radius 3 is 2.79 bits per heavy atom. The van der Waals surface area contributed by atoms with Crippen molar-refractivity contribution in [2.24, 2.45) is 11.7 Å². The van der Waals surface area contributed by atoms with Gasteiger partial charge in [0.1, 0.15) is 5.75 Å². The smallest absolute Gasteiger partial charge is 0.246 e. The Balaban J connectivity index is 1.94. The molecule has 2 amide bonds. The molecular formula is C19H26N2O3. The fraction of sp³-hybridized carbons (Fsp3) is 0.474. The van der Waals surface area contributed by atoms with E-state index in [0.717, 1.165) is 23.3 Å². The van der Waals surface area contributed by atoms with E-state index >= 15 is 0 Å². The minimum atomic E-state index is -0.302. The lowest BCUT2D eigenvalue weighted by molar-refractivity contribution is -0.125. The number of hydrogen-bond donors (Lipinski definition) is 1. The summed E-state index contributed by atoms with van der Waals surface area (Å²) >= 11 is 0. The van der Waals surface area contributed by atoms with Crippen LogP contribution in [0.25, 0.3) is 6.08 Å². The number of nitrogens with zero attached hydrogens (tertiary/aromatic N) is 1. The highest BCUT2D eigenvalue weighted by molar-refractivity contribution is 5.92. The molecule has 5 nitrogen and oxygen atoms in total. The molecule has 1 atom stereocenters. The van der Waals surface area contributed by atoms with Crippen LogP contribution in [0, 0.1) is 12.8 Å². The van der Waals surface area contributed by atoms with E-state index in [1.807, 2.05) is 45.0 Å². The van der Waals surface area contributed by atoms with E-state index in [9.17, 15) is 9.59 Å². The van der Waals surface area contributed by atoms with Gasteiger partial charge in [0.25, 0.3) is 0 Å². The minimum Gasteiger partial charge on any atom is -0.491 e. The molecule has 0 aliphatic carbocycles. The van der Waals surface area contributed by atoms with Crippen LogP contribution >= 0.6 is 0 Å². The molecule has 0 radical (unpaired) electrons. The molecule has 1 aliphatic heterocycles. The number of aryl methyl sites for hydroxylation is 1. The van der Waals surface area contributed by atoms with Crippen molar-refractivity contribution in [1.82, 2.24) is 4.90 Å². The fourth-order valence-corrected chi connectivity index (χ4v) is 2.92. The van der Waals surface area contributed by atoms with E-state index in [1.54, 1.807) is 11.0 Å². The van der Waals surface area contributed by atoms with Crippen LogP contribution in [0.15, 0.2) is 24.3 Å². The maximum absolute atomic E-state index is 12.2. The Kier molecular flexibility index (Phi) is 6.01. The average molecular weight is 330 g/mol. The monoisotopic (exact) mass is 330 g/mol. The average Bonchev–Trinajstić information content (AvgIpc) is 2.94. The maximum Gasteiger partial charge on any atom is 0.246 e. The maximum atomic E-state index is 12.2. The number of primary amides is 1. The normalized spacial score (nSPS) is 17.7. The molecule has 1 aromatic carbocycles. The fourth-order valence-electron chi connectivity index (χ4n) is 2.92. The van der Waals surface area contributed by atoms with Gasteiger partial charge in [0.15, 0.2) is 0 Å². The second kappa shape index (κ2) is 7.99. The van der Waals surface area contributed by atoms with Crippen molar-refractivity contribution in [3.63, 3.8) is 0 Å². The minimum absolute atomic E-state index is 0.0258. The molecule has 1 aliphatic rings. The number of carbonyl (C=O) groups excluding carboxylic acids is 2. The zero-order chi connectivity index (χ0) is 17.7. The van der Waals surface area contributed by atoms with E-state index < -0.39 is 0 Å². The van der Waals surface area contributed by atoms with Gasteiger partial charge in [-0.2, -0.15) is 0 Å². The molecular weight excluding hydrogens is 304 g/mol. The van der Waals surface area contributed by atoms with E-state index in [-0.39, 0.29) is 23.8 Å². The van der Waals surface area contributed by atoms with Crippen LogP contribution in [0.4, 0.5) is 0 Å². The second-order valence-corrected chi connectivity index (χ2v) is 6.63. The number of carbonyl (C=O) groups is 2. The molecule has 130 valence electrons. The molecule has 1 aromatic rings. The Hall–Kier alpha value is -2.30. The summed E-state index contributed by atoms with van der Waals surface area (Å²) in [6.45, 7) is 7.26. The summed E-state index contributed by atoms with van der Waals surface area (Å²) in [5, 5.41) is 0. The number of amides is 2. The summed E-state index contributed by atoms with van der Waals surface area (Å²) in [6, 6.07) is 5.87. The number of likely N-dealkylation sites (tertiary alicyclic amines) is 1. The highest BCUT2D eigenvalue weighted by Gasteiger charge is 2.25. The quantitative estimate of drug-likeness (QED) is 0.815.